The van der Waals surface area contributed by atoms with Gasteiger partial charge in [0.05, 0.1) is 0 Å². The summed E-state index contributed by atoms with van der Waals surface area (Å²) in [5.74, 6) is -0.701. The number of esters is 1. The zero-order chi connectivity index (χ0) is 34.3. The van der Waals surface area contributed by atoms with E-state index in [1.54, 1.807) is 71.6 Å². The first-order valence-corrected chi connectivity index (χ1v) is 17.0. The largest absolute Gasteiger partial charge is 1.00 e. The second kappa shape index (κ2) is 16.5. The number of amides is 2. The van der Waals surface area contributed by atoms with Gasteiger partial charge in [-0.15, -0.1) is 0 Å². The van der Waals surface area contributed by atoms with Crippen molar-refractivity contribution >= 4 is 28.4 Å². The zero-order valence-corrected chi connectivity index (χ0v) is 30.9. The standard InChI is InChI=1S/C36H39N3O8S.Na/c1-36(2,3)47-35(42)38-21-18-29(19-22-38)28-14-16-30(17-15-28)31-20-23-39(32(31)33(40)45-24-26-10-6-4-7-11-26)48(43,44)37-34(41)46-25-27-12-8-5-9-13-27;/h4-17,20,23,29H,18-19,21-22,24-25H2,1-3H3,(H,37,41);/q;+1/p-1. The Morgan fingerprint density at radius 3 is 1.90 bits per heavy atom. The van der Waals surface area contributed by atoms with Gasteiger partial charge in [-0.3, -0.25) is 4.79 Å². The maximum atomic E-state index is 13.5. The molecule has 0 atom stereocenters. The Morgan fingerprint density at radius 2 is 1.35 bits per heavy atom. The average Bonchev–Trinajstić information content (AvgIpc) is 3.53. The number of carbonyl (C=O) groups excluding carboxylic acids is 3. The topological polar surface area (TPSA) is 135 Å². The fraction of sp³-hybridized carbons (Fsp3) is 0.306. The molecule has 11 nitrogen and oxygen atoms in total. The van der Waals surface area contributed by atoms with Gasteiger partial charge in [0, 0.05) is 24.8 Å². The van der Waals surface area contributed by atoms with Crippen molar-refractivity contribution in [3.63, 3.8) is 0 Å². The molecule has 1 saturated heterocycles. The summed E-state index contributed by atoms with van der Waals surface area (Å²) in [5, 5.41) is 0. The molecule has 2 heterocycles. The Kier molecular flexibility index (Phi) is 12.7. The molecule has 0 unspecified atom stereocenters. The van der Waals surface area contributed by atoms with E-state index in [0.29, 0.717) is 33.8 Å². The molecular formula is C36H38N3NaO8S. The molecule has 49 heavy (non-hydrogen) atoms. The number of nitrogens with zero attached hydrogens (tertiary/aromatic N) is 3. The van der Waals surface area contributed by atoms with Gasteiger partial charge in [0.15, 0.2) is 10.2 Å². The Balaban J connectivity index is 0.00000541. The second-order valence-electron chi connectivity index (χ2n) is 12.4. The summed E-state index contributed by atoms with van der Waals surface area (Å²) in [7, 11) is -4.73. The van der Waals surface area contributed by atoms with Crippen LogP contribution in [0.5, 0.6) is 0 Å². The van der Waals surface area contributed by atoms with Gasteiger partial charge in [-0.25, -0.2) is 22.0 Å². The maximum Gasteiger partial charge on any atom is 1.00 e. The summed E-state index contributed by atoms with van der Waals surface area (Å²) in [4.78, 5) is 40.2. The smallest absolute Gasteiger partial charge is 0.492 e. The van der Waals surface area contributed by atoms with Crippen molar-refractivity contribution in [3.8, 4) is 11.1 Å². The van der Waals surface area contributed by atoms with Gasteiger partial charge in [-0.1, -0.05) is 84.9 Å². The van der Waals surface area contributed by atoms with E-state index in [-0.39, 0.29) is 66.0 Å². The minimum absolute atomic E-state index is 0. The van der Waals surface area contributed by atoms with Crippen LogP contribution in [0.25, 0.3) is 15.8 Å². The van der Waals surface area contributed by atoms with Crippen molar-refractivity contribution in [1.82, 2.24) is 8.87 Å². The number of rotatable bonds is 9. The molecule has 2 amide bonds. The fourth-order valence-corrected chi connectivity index (χ4v) is 6.32. The van der Waals surface area contributed by atoms with Gasteiger partial charge in [0.2, 0.25) is 6.09 Å². The summed E-state index contributed by atoms with van der Waals surface area (Å²) in [6.45, 7) is 6.39. The Bertz CT molecular complexity index is 1830. The first-order chi connectivity index (χ1) is 22.9. The second-order valence-corrected chi connectivity index (χ2v) is 13.9. The summed E-state index contributed by atoms with van der Waals surface area (Å²) in [6, 6.07) is 26.7. The molecule has 1 fully saturated rings. The number of carbonyl (C=O) groups is 3. The van der Waals surface area contributed by atoms with Crippen LogP contribution >= 0.6 is 0 Å². The third-order valence-electron chi connectivity index (χ3n) is 7.74. The molecule has 3 aromatic carbocycles. The molecular weight excluding hydrogens is 657 g/mol. The van der Waals surface area contributed by atoms with E-state index in [4.69, 9.17) is 14.2 Å². The molecule has 0 radical (unpaired) electrons. The van der Waals surface area contributed by atoms with E-state index in [1.165, 1.54) is 6.07 Å². The van der Waals surface area contributed by atoms with E-state index in [9.17, 15) is 22.8 Å². The summed E-state index contributed by atoms with van der Waals surface area (Å²) in [5.41, 5.74) is 2.42. The predicted molar refractivity (Wildman–Crippen MR) is 180 cm³/mol. The molecule has 4 aromatic rings. The van der Waals surface area contributed by atoms with E-state index in [1.807, 2.05) is 39.0 Å². The molecule has 0 spiro atoms. The van der Waals surface area contributed by atoms with Crippen LogP contribution in [-0.2, 0) is 37.6 Å². The van der Waals surface area contributed by atoms with Crippen LogP contribution in [0.2, 0.25) is 0 Å². The van der Waals surface area contributed by atoms with Gasteiger partial charge in [-0.2, -0.15) is 0 Å². The van der Waals surface area contributed by atoms with Gasteiger partial charge in [0.25, 0.3) is 0 Å². The van der Waals surface area contributed by atoms with Gasteiger partial charge in [0.1, 0.15) is 24.5 Å². The minimum Gasteiger partial charge on any atom is -0.492 e. The Labute approximate surface area is 309 Å². The molecule has 1 aliphatic rings. The van der Waals surface area contributed by atoms with Crippen molar-refractivity contribution in [1.29, 1.82) is 0 Å². The van der Waals surface area contributed by atoms with Crippen molar-refractivity contribution in [2.45, 2.75) is 58.3 Å². The number of aromatic nitrogens is 1. The normalized spacial score (nSPS) is 13.6. The number of likely N-dealkylation sites (tertiary alicyclic amines) is 1. The summed E-state index contributed by atoms with van der Waals surface area (Å²) in [6.07, 6.45) is 1.04. The van der Waals surface area contributed by atoms with Crippen LogP contribution in [0.4, 0.5) is 9.59 Å². The number of ether oxygens (including phenoxy) is 3. The molecule has 0 N–H and O–H groups in total. The van der Waals surface area contributed by atoms with Crippen LogP contribution in [0.15, 0.2) is 97.2 Å². The number of hydrogen-bond acceptors (Lipinski definition) is 8. The van der Waals surface area contributed by atoms with Gasteiger partial charge >= 0.3 is 41.6 Å². The molecule has 13 heteroatoms. The fourth-order valence-electron chi connectivity index (χ4n) is 5.37. The first kappa shape index (κ1) is 37.7. The molecule has 5 rings (SSSR count). The predicted octanol–water partition coefficient (Wildman–Crippen LogP) is 4.43. The molecule has 0 saturated carbocycles. The van der Waals surface area contributed by atoms with Crippen LogP contribution in [0, 0.1) is 0 Å². The van der Waals surface area contributed by atoms with Gasteiger partial charge < -0.3 is 23.8 Å². The quantitative estimate of drug-likeness (QED) is 0.143. The van der Waals surface area contributed by atoms with Crippen LogP contribution in [0.3, 0.4) is 0 Å². The van der Waals surface area contributed by atoms with Crippen molar-refractivity contribution in [2.24, 2.45) is 0 Å². The summed E-state index contributed by atoms with van der Waals surface area (Å²) < 4.78 is 46.8. The monoisotopic (exact) mass is 695 g/mol. The van der Waals surface area contributed by atoms with Crippen LogP contribution in [0.1, 0.15) is 66.7 Å². The van der Waals surface area contributed by atoms with Gasteiger partial charge in [-0.05, 0) is 67.9 Å². The van der Waals surface area contributed by atoms with E-state index >= 15 is 0 Å². The third kappa shape index (κ3) is 10.2. The molecule has 0 aliphatic carbocycles. The average molecular weight is 696 g/mol. The van der Waals surface area contributed by atoms with Crippen molar-refractivity contribution < 1.29 is 66.6 Å². The Hall–Kier alpha value is -4.10. The van der Waals surface area contributed by atoms with Crippen molar-refractivity contribution in [2.75, 3.05) is 13.1 Å². The Morgan fingerprint density at radius 1 is 0.796 bits per heavy atom. The van der Waals surface area contributed by atoms with Crippen LogP contribution in [-0.4, -0.2) is 54.1 Å². The molecule has 1 aliphatic heterocycles. The molecule has 1 aromatic heterocycles. The minimum atomic E-state index is -4.73. The number of piperidine rings is 1. The SMILES string of the molecule is CC(C)(C)OC(=O)N1CCC(c2ccc(-c3ccn(S(=O)(=O)[N-]C(=O)OCc4ccccc4)c3C(=O)OCc3ccccc3)cc2)CC1.[Na+]. The first-order valence-electron chi connectivity index (χ1n) is 15.6. The van der Waals surface area contributed by atoms with E-state index in [2.05, 4.69) is 4.72 Å². The van der Waals surface area contributed by atoms with Crippen LogP contribution < -0.4 is 29.6 Å². The number of benzene rings is 3. The van der Waals surface area contributed by atoms with E-state index in [0.717, 1.165) is 24.6 Å². The third-order valence-corrected chi connectivity index (χ3v) is 8.92. The van der Waals surface area contributed by atoms with Crippen molar-refractivity contribution in [3.05, 3.63) is 124 Å². The van der Waals surface area contributed by atoms with E-state index < -0.39 is 27.9 Å². The maximum absolute atomic E-state index is 13.5. The number of hydrogen-bond donors (Lipinski definition) is 0. The molecule has 0 bridgehead atoms. The summed E-state index contributed by atoms with van der Waals surface area (Å²) >= 11 is 0. The molecule has 252 valence electrons. The zero-order valence-electron chi connectivity index (χ0n) is 28.1.